The van der Waals surface area contributed by atoms with Gasteiger partial charge in [0.2, 0.25) is 0 Å². The third-order valence-corrected chi connectivity index (χ3v) is 9.73. The molecule has 2 bridgehead atoms. The molecule has 0 saturated carbocycles. The van der Waals surface area contributed by atoms with Crippen molar-refractivity contribution >= 4 is 41.0 Å². The molecule has 1 amide bonds. The first-order valence-electron chi connectivity index (χ1n) is 16.0. The molecule has 2 atom stereocenters. The number of nitrogens with zero attached hydrogens (tertiary/aromatic N) is 3. The van der Waals surface area contributed by atoms with Crippen LogP contribution in [0.2, 0.25) is 10.0 Å². The number of esters is 1. The Balaban J connectivity index is 1.25. The Kier molecular flexibility index (Phi) is 10.9. The fourth-order valence-corrected chi connectivity index (χ4v) is 6.91. The van der Waals surface area contributed by atoms with E-state index < -0.39 is 24.0 Å². The summed E-state index contributed by atoms with van der Waals surface area (Å²) < 4.78 is 36.9. The number of fused-ring (bicyclic) bond motifs is 3. The van der Waals surface area contributed by atoms with Gasteiger partial charge in [0.15, 0.2) is 11.5 Å². The smallest absolute Gasteiger partial charge is 0.414 e. The third kappa shape index (κ3) is 8.09. The molecule has 9 nitrogen and oxygen atoms in total. The number of pyridine rings is 1. The summed E-state index contributed by atoms with van der Waals surface area (Å²) >= 11 is 12.9. The number of benzene rings is 3. The third-order valence-electron chi connectivity index (χ3n) is 9.08. The Morgan fingerprint density at radius 3 is 2.33 bits per heavy atom. The summed E-state index contributed by atoms with van der Waals surface area (Å²) in [6.45, 7) is 2.80. The number of halogens is 3. The van der Waals surface area contributed by atoms with Gasteiger partial charge in [-0.2, -0.15) is 0 Å². The number of rotatable bonds is 11. The van der Waals surface area contributed by atoms with E-state index in [2.05, 4.69) is 9.88 Å². The van der Waals surface area contributed by atoms with Crippen LogP contribution in [-0.4, -0.2) is 61.9 Å². The number of anilines is 1. The highest BCUT2D eigenvalue weighted by Gasteiger charge is 2.37. The normalized spacial score (nSPS) is 18.8. The molecule has 3 aliphatic heterocycles. The average molecular weight is 709 g/mol. The molecule has 4 aromatic rings. The maximum absolute atomic E-state index is 13.9. The maximum Gasteiger partial charge on any atom is 0.414 e. The molecule has 4 heterocycles. The molecular weight excluding hydrogens is 672 g/mol. The van der Waals surface area contributed by atoms with Crippen molar-refractivity contribution < 1.29 is 32.9 Å². The minimum Gasteiger partial charge on any atom is -0.493 e. The van der Waals surface area contributed by atoms with Crippen molar-refractivity contribution in [1.29, 1.82) is 0 Å². The molecule has 0 N–H and O–H groups in total. The second-order valence-electron chi connectivity index (χ2n) is 12.1. The van der Waals surface area contributed by atoms with Gasteiger partial charge in [-0.05, 0) is 97.1 Å². The number of ether oxygens (including phenoxy) is 4. The average Bonchev–Trinajstić information content (AvgIpc) is 3.12. The highest BCUT2D eigenvalue weighted by Crippen LogP contribution is 2.36. The summed E-state index contributed by atoms with van der Waals surface area (Å²) in [5.41, 5.74) is 2.58. The fourth-order valence-electron chi connectivity index (χ4n) is 6.40. The van der Waals surface area contributed by atoms with Crippen LogP contribution in [0.1, 0.15) is 46.0 Å². The lowest BCUT2D eigenvalue weighted by atomic mass is 9.86. The molecule has 3 aliphatic rings. The fraction of sp³-hybridized carbons (Fsp3) is 0.324. The van der Waals surface area contributed by atoms with E-state index in [-0.39, 0.29) is 24.6 Å². The van der Waals surface area contributed by atoms with Crippen molar-refractivity contribution in [1.82, 2.24) is 9.88 Å². The largest absolute Gasteiger partial charge is 0.493 e. The van der Waals surface area contributed by atoms with Gasteiger partial charge in [-0.3, -0.25) is 14.8 Å². The van der Waals surface area contributed by atoms with Gasteiger partial charge in [-0.15, -0.1) is 0 Å². The monoisotopic (exact) mass is 707 g/mol. The molecule has 12 heteroatoms. The Hall–Kier alpha value is -4.38. The summed E-state index contributed by atoms with van der Waals surface area (Å²) in [4.78, 5) is 35.3. The summed E-state index contributed by atoms with van der Waals surface area (Å²) in [7, 11) is 3.06. The first-order chi connectivity index (χ1) is 23.7. The van der Waals surface area contributed by atoms with Crippen LogP contribution < -0.4 is 14.4 Å². The molecule has 3 aromatic carbocycles. The van der Waals surface area contributed by atoms with Crippen LogP contribution in [0.3, 0.4) is 0 Å². The van der Waals surface area contributed by atoms with E-state index in [4.69, 9.17) is 42.1 Å². The van der Waals surface area contributed by atoms with Gasteiger partial charge < -0.3 is 18.9 Å². The highest BCUT2D eigenvalue weighted by molar-refractivity contribution is 6.35. The van der Waals surface area contributed by atoms with Crippen LogP contribution in [-0.2, 0) is 22.4 Å². The van der Waals surface area contributed by atoms with Gasteiger partial charge in [0.1, 0.15) is 18.0 Å². The van der Waals surface area contributed by atoms with Gasteiger partial charge in [-0.25, -0.2) is 14.0 Å². The summed E-state index contributed by atoms with van der Waals surface area (Å²) in [5.74, 6) is 0.268. The molecule has 0 spiro atoms. The molecule has 0 unspecified atom stereocenters. The number of hydrogen-bond donors (Lipinski definition) is 0. The van der Waals surface area contributed by atoms with Crippen molar-refractivity contribution in [2.45, 2.75) is 38.0 Å². The molecular formula is C37H36Cl2FN3O6. The standard InChI is InChI=1S/C37H36Cl2FN3O6/c1-46-32-11-6-25(17-34(32)47-2)33(18-29-30(38)19-41-20-31(29)39)48-36(44)26-5-3-4-23(16-26)21-43(28-9-7-27(40)8-10-28)37(45)49-35-22-42-14-12-24(35)13-15-42/h3-11,16-17,19-20,24,33,35H,12-15,18,21-22H2,1-2H3/t33-,35-/m0/s1. The number of carbonyl (C=O) groups is 2. The minimum absolute atomic E-state index is 0.0774. The molecule has 3 fully saturated rings. The molecule has 0 radical (unpaired) electrons. The predicted molar refractivity (Wildman–Crippen MR) is 184 cm³/mol. The minimum atomic E-state index is -0.819. The van der Waals surface area contributed by atoms with Gasteiger partial charge in [0.25, 0.3) is 0 Å². The van der Waals surface area contributed by atoms with Crippen molar-refractivity contribution in [3.63, 3.8) is 0 Å². The van der Waals surface area contributed by atoms with Gasteiger partial charge in [-0.1, -0.05) is 41.4 Å². The first kappa shape index (κ1) is 34.5. The lowest BCUT2D eigenvalue weighted by Crippen LogP contribution is -2.53. The number of aromatic nitrogens is 1. The molecule has 1 aromatic heterocycles. The van der Waals surface area contributed by atoms with Gasteiger partial charge in [0.05, 0.1) is 36.4 Å². The molecule has 7 rings (SSSR count). The van der Waals surface area contributed by atoms with Crippen LogP contribution in [0, 0.1) is 11.7 Å². The Labute approximate surface area is 294 Å². The molecule has 0 aliphatic carbocycles. The Bertz CT molecular complexity index is 1780. The number of methoxy groups -OCH3 is 2. The lowest BCUT2D eigenvalue weighted by Gasteiger charge is -2.44. The van der Waals surface area contributed by atoms with Crippen LogP contribution in [0.5, 0.6) is 11.5 Å². The topological polar surface area (TPSA) is 90.4 Å². The van der Waals surface area contributed by atoms with Crippen molar-refractivity contribution in [2.75, 3.05) is 38.8 Å². The zero-order chi connectivity index (χ0) is 34.5. The molecule has 49 heavy (non-hydrogen) atoms. The van der Waals surface area contributed by atoms with E-state index in [0.29, 0.717) is 56.4 Å². The van der Waals surface area contributed by atoms with Crippen LogP contribution in [0.25, 0.3) is 0 Å². The lowest BCUT2D eigenvalue weighted by molar-refractivity contribution is -0.0311. The Morgan fingerprint density at radius 1 is 0.959 bits per heavy atom. The zero-order valence-corrected chi connectivity index (χ0v) is 28.6. The number of hydrogen-bond acceptors (Lipinski definition) is 8. The van der Waals surface area contributed by atoms with E-state index >= 15 is 0 Å². The zero-order valence-electron chi connectivity index (χ0n) is 27.1. The number of carbonyl (C=O) groups excluding carboxylic acids is 2. The van der Waals surface area contributed by atoms with Gasteiger partial charge >= 0.3 is 12.1 Å². The van der Waals surface area contributed by atoms with E-state index in [1.54, 1.807) is 42.5 Å². The van der Waals surface area contributed by atoms with Crippen LogP contribution in [0.4, 0.5) is 14.9 Å². The van der Waals surface area contributed by atoms with Crippen molar-refractivity contribution in [2.24, 2.45) is 5.92 Å². The SMILES string of the molecule is COc1ccc([C@H](Cc2c(Cl)cncc2Cl)OC(=O)c2cccc(CN(C(=O)O[C@H]3CN4CCC3CC4)c3ccc(F)cc3)c2)cc1OC. The highest BCUT2D eigenvalue weighted by atomic mass is 35.5. The number of piperidine rings is 3. The maximum atomic E-state index is 13.9. The Morgan fingerprint density at radius 2 is 1.67 bits per heavy atom. The summed E-state index contributed by atoms with van der Waals surface area (Å²) in [5, 5.41) is 0.670. The first-order valence-corrected chi connectivity index (χ1v) is 16.7. The second-order valence-corrected chi connectivity index (χ2v) is 12.9. The summed E-state index contributed by atoms with van der Waals surface area (Å²) in [6.07, 6.45) is 3.53. The predicted octanol–water partition coefficient (Wildman–Crippen LogP) is 7.92. The van der Waals surface area contributed by atoms with E-state index in [9.17, 15) is 14.0 Å². The molecule has 256 valence electrons. The van der Waals surface area contributed by atoms with Gasteiger partial charge in [0, 0.05) is 31.0 Å². The quantitative estimate of drug-likeness (QED) is 0.145. The molecule has 3 saturated heterocycles. The van der Waals surface area contributed by atoms with E-state index in [1.165, 1.54) is 55.8 Å². The summed E-state index contributed by atoms with van der Waals surface area (Å²) in [6, 6.07) is 17.7. The van der Waals surface area contributed by atoms with Crippen LogP contribution in [0.15, 0.2) is 79.1 Å². The number of amides is 1. The van der Waals surface area contributed by atoms with E-state index in [0.717, 1.165) is 25.9 Å². The van der Waals surface area contributed by atoms with Crippen LogP contribution >= 0.6 is 23.2 Å². The second kappa shape index (κ2) is 15.4. The van der Waals surface area contributed by atoms with Crippen molar-refractivity contribution in [3.8, 4) is 11.5 Å². The van der Waals surface area contributed by atoms with Crippen molar-refractivity contribution in [3.05, 3.63) is 117 Å². The van der Waals surface area contributed by atoms with E-state index in [1.807, 2.05) is 0 Å².